The summed E-state index contributed by atoms with van der Waals surface area (Å²) in [7, 11) is 0. The van der Waals surface area contributed by atoms with Crippen LogP contribution in [0.3, 0.4) is 0 Å². The Morgan fingerprint density at radius 3 is 2.84 bits per heavy atom. The summed E-state index contributed by atoms with van der Waals surface area (Å²) in [6.07, 6.45) is 1.43. The number of anilines is 1. The topological polar surface area (TPSA) is 64.0 Å². The lowest BCUT2D eigenvalue weighted by Crippen LogP contribution is -2.24. The lowest BCUT2D eigenvalue weighted by atomic mass is 10.1. The Kier molecular flexibility index (Phi) is 4.81. The Morgan fingerprint density at radius 1 is 1.28 bits per heavy atom. The molecule has 0 radical (unpaired) electrons. The number of hydrogen-bond donors (Lipinski definition) is 1. The summed E-state index contributed by atoms with van der Waals surface area (Å²) < 4.78 is 15.2. The Morgan fingerprint density at radius 2 is 2.04 bits per heavy atom. The number of halogens is 2. The van der Waals surface area contributed by atoms with Crippen molar-refractivity contribution in [3.63, 3.8) is 0 Å². The van der Waals surface area contributed by atoms with Crippen molar-refractivity contribution in [1.82, 2.24) is 9.55 Å². The van der Waals surface area contributed by atoms with Crippen LogP contribution in [0.1, 0.15) is 12.0 Å². The molecule has 5 nitrogen and oxygen atoms in total. The number of rotatable bonds is 4. The highest BCUT2D eigenvalue weighted by molar-refractivity contribution is 6.31. The van der Waals surface area contributed by atoms with Crippen molar-refractivity contribution in [2.75, 3.05) is 5.32 Å². The third kappa shape index (κ3) is 3.53. The van der Waals surface area contributed by atoms with Crippen LogP contribution >= 0.6 is 11.6 Å². The van der Waals surface area contributed by atoms with Gasteiger partial charge in [-0.15, -0.1) is 0 Å². The van der Waals surface area contributed by atoms with Gasteiger partial charge in [0.2, 0.25) is 5.91 Å². The van der Waals surface area contributed by atoms with Gasteiger partial charge in [-0.25, -0.2) is 9.37 Å². The second-order valence-electron chi connectivity index (χ2n) is 5.61. The number of carbonyl (C=O) groups excluding carboxylic acids is 1. The first-order valence-corrected chi connectivity index (χ1v) is 8.04. The molecular weight excluding hydrogens is 345 g/mol. The molecule has 1 aromatic heterocycles. The molecule has 7 heteroatoms. The molecule has 0 fully saturated rings. The van der Waals surface area contributed by atoms with Crippen LogP contribution in [0.4, 0.5) is 10.1 Å². The molecular formula is C18H15ClFN3O2. The third-order valence-electron chi connectivity index (χ3n) is 3.86. The molecule has 0 aliphatic heterocycles. The van der Waals surface area contributed by atoms with Gasteiger partial charge in [0.15, 0.2) is 5.82 Å². The maximum absolute atomic E-state index is 13.8. The van der Waals surface area contributed by atoms with Crippen LogP contribution in [0.5, 0.6) is 0 Å². The van der Waals surface area contributed by atoms with Crippen LogP contribution in [0.25, 0.3) is 10.9 Å². The predicted molar refractivity (Wildman–Crippen MR) is 95.4 cm³/mol. The maximum Gasteiger partial charge on any atom is 0.261 e. The highest BCUT2D eigenvalue weighted by Gasteiger charge is 2.11. The first-order valence-electron chi connectivity index (χ1n) is 7.66. The first-order chi connectivity index (χ1) is 12.0. The lowest BCUT2D eigenvalue weighted by Gasteiger charge is -2.09. The smallest absolute Gasteiger partial charge is 0.261 e. The van der Waals surface area contributed by atoms with E-state index >= 15 is 0 Å². The zero-order chi connectivity index (χ0) is 18.0. The molecule has 0 saturated carbocycles. The summed E-state index contributed by atoms with van der Waals surface area (Å²) in [6.45, 7) is 2.02. The molecule has 25 heavy (non-hydrogen) atoms. The zero-order valence-corrected chi connectivity index (χ0v) is 14.2. The van der Waals surface area contributed by atoms with Crippen LogP contribution < -0.4 is 10.9 Å². The Bertz CT molecular complexity index is 1020. The van der Waals surface area contributed by atoms with Gasteiger partial charge in [-0.1, -0.05) is 29.8 Å². The number of aromatic nitrogens is 2. The van der Waals surface area contributed by atoms with E-state index in [4.69, 9.17) is 11.6 Å². The van der Waals surface area contributed by atoms with Crippen LogP contribution in [-0.2, 0) is 11.3 Å². The molecule has 0 spiro atoms. The standard InChI is InChI=1S/C18H15ClFN3O2/c1-11-4-2-5-12-17(11)21-10-23(18(12)25)9-8-15(24)22-14-7-3-6-13(19)16(14)20/h2-7,10H,8-9H2,1H3,(H,22,24). The molecule has 3 rings (SSSR count). The van der Waals surface area contributed by atoms with Crippen molar-refractivity contribution < 1.29 is 9.18 Å². The number of carbonyl (C=O) groups is 1. The normalized spacial score (nSPS) is 10.8. The SMILES string of the molecule is Cc1cccc2c(=O)n(CCC(=O)Nc3cccc(Cl)c3F)cnc12. The molecule has 128 valence electrons. The van der Waals surface area contributed by atoms with Crippen molar-refractivity contribution in [1.29, 1.82) is 0 Å². The summed E-state index contributed by atoms with van der Waals surface area (Å²) >= 11 is 5.68. The van der Waals surface area contributed by atoms with Crippen molar-refractivity contribution in [2.45, 2.75) is 19.9 Å². The highest BCUT2D eigenvalue weighted by atomic mass is 35.5. The monoisotopic (exact) mass is 359 g/mol. The highest BCUT2D eigenvalue weighted by Crippen LogP contribution is 2.22. The van der Waals surface area contributed by atoms with Gasteiger partial charge in [0.25, 0.3) is 5.56 Å². The Labute approximate surface area is 148 Å². The molecule has 1 N–H and O–H groups in total. The molecule has 1 amide bonds. The summed E-state index contributed by atoms with van der Waals surface area (Å²) in [4.78, 5) is 28.8. The number of benzene rings is 2. The second-order valence-corrected chi connectivity index (χ2v) is 6.02. The molecule has 2 aromatic carbocycles. The van der Waals surface area contributed by atoms with Crippen LogP contribution in [0.2, 0.25) is 5.02 Å². The fourth-order valence-corrected chi connectivity index (χ4v) is 2.71. The van der Waals surface area contributed by atoms with Gasteiger partial charge in [0.1, 0.15) is 0 Å². The lowest BCUT2D eigenvalue weighted by molar-refractivity contribution is -0.116. The number of aryl methyl sites for hydroxylation is 2. The van der Waals surface area contributed by atoms with Crippen LogP contribution in [-0.4, -0.2) is 15.5 Å². The van der Waals surface area contributed by atoms with E-state index in [0.717, 1.165) is 5.56 Å². The van der Waals surface area contributed by atoms with Crippen molar-refractivity contribution >= 4 is 34.1 Å². The average Bonchev–Trinajstić information content (AvgIpc) is 2.59. The number of nitrogens with one attached hydrogen (secondary N) is 1. The second kappa shape index (κ2) is 7.03. The number of amides is 1. The number of nitrogens with zero attached hydrogens (tertiary/aromatic N) is 2. The molecule has 0 unspecified atom stereocenters. The number of para-hydroxylation sites is 1. The van der Waals surface area contributed by atoms with Crippen molar-refractivity contribution in [3.8, 4) is 0 Å². The van der Waals surface area contributed by atoms with E-state index in [9.17, 15) is 14.0 Å². The van der Waals surface area contributed by atoms with Crippen molar-refractivity contribution in [3.05, 3.63) is 69.5 Å². The van der Waals surface area contributed by atoms with Gasteiger partial charge in [-0.3, -0.25) is 14.2 Å². The van der Waals surface area contributed by atoms with Gasteiger partial charge in [-0.2, -0.15) is 0 Å². The van der Waals surface area contributed by atoms with E-state index in [1.807, 2.05) is 13.0 Å². The van der Waals surface area contributed by atoms with E-state index in [1.165, 1.54) is 23.0 Å². The fraction of sp³-hybridized carbons (Fsp3) is 0.167. The van der Waals surface area contributed by atoms with E-state index in [2.05, 4.69) is 10.3 Å². The van der Waals surface area contributed by atoms with Crippen molar-refractivity contribution in [2.24, 2.45) is 0 Å². The first kappa shape index (κ1) is 17.1. The van der Waals surface area contributed by atoms with Crippen LogP contribution in [0.15, 0.2) is 47.5 Å². The van der Waals surface area contributed by atoms with E-state index in [1.54, 1.807) is 18.2 Å². The molecule has 0 atom stereocenters. The van der Waals surface area contributed by atoms with E-state index in [-0.39, 0.29) is 29.2 Å². The van der Waals surface area contributed by atoms with Gasteiger partial charge in [0, 0.05) is 13.0 Å². The Balaban J connectivity index is 1.74. The minimum Gasteiger partial charge on any atom is -0.323 e. The largest absolute Gasteiger partial charge is 0.323 e. The van der Waals surface area contributed by atoms with E-state index in [0.29, 0.717) is 10.9 Å². The molecule has 0 saturated heterocycles. The molecule has 0 aliphatic rings. The molecule has 3 aromatic rings. The summed E-state index contributed by atoms with van der Waals surface area (Å²) in [5.74, 6) is -1.10. The fourth-order valence-electron chi connectivity index (χ4n) is 2.53. The number of fused-ring (bicyclic) bond motifs is 1. The average molecular weight is 360 g/mol. The summed E-state index contributed by atoms with van der Waals surface area (Å²) in [5.41, 5.74) is 1.36. The summed E-state index contributed by atoms with van der Waals surface area (Å²) in [6, 6.07) is 9.74. The number of hydrogen-bond acceptors (Lipinski definition) is 3. The van der Waals surface area contributed by atoms with Crippen LogP contribution in [0, 0.1) is 12.7 Å². The van der Waals surface area contributed by atoms with Gasteiger partial charge in [-0.05, 0) is 30.7 Å². The maximum atomic E-state index is 13.8. The minimum absolute atomic E-state index is 0.00482. The molecule has 0 aliphatic carbocycles. The zero-order valence-electron chi connectivity index (χ0n) is 13.4. The molecule has 0 bridgehead atoms. The van der Waals surface area contributed by atoms with E-state index < -0.39 is 11.7 Å². The molecule has 1 heterocycles. The van der Waals surface area contributed by atoms with Gasteiger partial charge in [0.05, 0.1) is 27.9 Å². The Hall–Kier alpha value is -2.73. The predicted octanol–water partition coefficient (Wildman–Crippen LogP) is 3.53. The minimum atomic E-state index is -0.683. The summed E-state index contributed by atoms with van der Waals surface area (Å²) in [5, 5.41) is 2.89. The quantitative estimate of drug-likeness (QED) is 0.775. The third-order valence-corrected chi connectivity index (χ3v) is 4.15. The van der Waals surface area contributed by atoms with Gasteiger partial charge < -0.3 is 5.32 Å². The van der Waals surface area contributed by atoms with Gasteiger partial charge >= 0.3 is 0 Å².